The van der Waals surface area contributed by atoms with Crippen LogP contribution in [-0.2, 0) is 10.0 Å². The lowest BCUT2D eigenvalue weighted by molar-refractivity contribution is 0.0710. The molecule has 1 amide bonds. The van der Waals surface area contributed by atoms with E-state index in [4.69, 9.17) is 21.5 Å². The number of hydroxylamine groups is 1. The van der Waals surface area contributed by atoms with E-state index < -0.39 is 15.9 Å². The van der Waals surface area contributed by atoms with Crippen molar-refractivity contribution in [1.29, 1.82) is 0 Å². The fourth-order valence-electron chi connectivity index (χ4n) is 2.64. The van der Waals surface area contributed by atoms with Crippen LogP contribution in [0.2, 0.25) is 5.02 Å². The number of ether oxygens (including phenoxy) is 1. The van der Waals surface area contributed by atoms with E-state index in [9.17, 15) is 13.2 Å². The van der Waals surface area contributed by atoms with Gasteiger partial charge >= 0.3 is 0 Å². The molecule has 0 aliphatic carbocycles. The van der Waals surface area contributed by atoms with Gasteiger partial charge in [0, 0.05) is 32.2 Å². The van der Waals surface area contributed by atoms with Crippen molar-refractivity contribution in [2.45, 2.75) is 4.90 Å². The average Bonchev–Trinajstić information content (AvgIpc) is 3.18. The zero-order valence-corrected chi connectivity index (χ0v) is 16.6. The monoisotopic (exact) mass is 432 g/mol. The summed E-state index contributed by atoms with van der Waals surface area (Å²) in [6, 6.07) is 4.50. The lowest BCUT2D eigenvalue weighted by Gasteiger charge is -2.33. The molecule has 3 rings (SSSR count). The summed E-state index contributed by atoms with van der Waals surface area (Å²) in [5.41, 5.74) is 1.56. The van der Waals surface area contributed by atoms with Crippen LogP contribution in [0.15, 0.2) is 29.3 Å². The first-order valence-electron chi connectivity index (χ1n) is 7.85. The normalized spacial score (nSPS) is 15.6. The van der Waals surface area contributed by atoms with Crippen LogP contribution in [0.1, 0.15) is 9.67 Å². The lowest BCUT2D eigenvalue weighted by atomic mass is 10.3. The number of nitrogens with zero attached hydrogens (tertiary/aromatic N) is 3. The highest BCUT2D eigenvalue weighted by Crippen LogP contribution is 2.30. The fourth-order valence-corrected chi connectivity index (χ4v) is 5.41. The zero-order chi connectivity index (χ0) is 19.6. The van der Waals surface area contributed by atoms with Crippen molar-refractivity contribution < 1.29 is 23.2 Å². The predicted octanol–water partition coefficient (Wildman–Crippen LogP) is 1.43. The van der Waals surface area contributed by atoms with Gasteiger partial charge in [0.15, 0.2) is 5.13 Å². The molecule has 0 spiro atoms. The Morgan fingerprint density at radius 1 is 1.33 bits per heavy atom. The molecule has 1 saturated heterocycles. The molecule has 1 aliphatic rings. The Morgan fingerprint density at radius 3 is 2.67 bits per heavy atom. The van der Waals surface area contributed by atoms with Crippen LogP contribution in [0.3, 0.4) is 0 Å². The number of nitrogens with one attached hydrogen (secondary N) is 1. The first kappa shape index (κ1) is 19.8. The van der Waals surface area contributed by atoms with Crippen LogP contribution in [0.25, 0.3) is 0 Å². The van der Waals surface area contributed by atoms with Crippen molar-refractivity contribution in [1.82, 2.24) is 14.8 Å². The number of amides is 1. The molecule has 2 heterocycles. The van der Waals surface area contributed by atoms with Crippen molar-refractivity contribution in [2.24, 2.45) is 0 Å². The summed E-state index contributed by atoms with van der Waals surface area (Å²) in [6.45, 7) is 1.32. The minimum Gasteiger partial charge on any atom is -0.497 e. The molecule has 0 bridgehead atoms. The number of hydrogen-bond acceptors (Lipinski definition) is 8. The molecule has 0 unspecified atom stereocenters. The number of thiazole rings is 1. The largest absolute Gasteiger partial charge is 0.497 e. The van der Waals surface area contributed by atoms with Crippen molar-refractivity contribution in [2.75, 3.05) is 38.2 Å². The summed E-state index contributed by atoms with van der Waals surface area (Å²) in [7, 11) is -2.31. The van der Waals surface area contributed by atoms with Crippen LogP contribution >= 0.6 is 22.9 Å². The number of anilines is 1. The molecule has 1 fully saturated rings. The Balaban J connectivity index is 1.73. The molecular formula is C15H17ClN4O5S2. The Hall–Kier alpha value is -1.92. The molecule has 1 aliphatic heterocycles. The first-order chi connectivity index (χ1) is 12.9. The number of aromatic nitrogens is 1. The van der Waals surface area contributed by atoms with E-state index in [-0.39, 0.29) is 27.9 Å². The number of methoxy groups -OCH3 is 1. The third-order valence-electron chi connectivity index (χ3n) is 4.08. The average molecular weight is 433 g/mol. The van der Waals surface area contributed by atoms with Gasteiger partial charge in [-0.1, -0.05) is 22.9 Å². The van der Waals surface area contributed by atoms with E-state index in [2.05, 4.69) is 4.98 Å². The highest BCUT2D eigenvalue weighted by atomic mass is 35.5. The second-order valence-electron chi connectivity index (χ2n) is 5.64. The van der Waals surface area contributed by atoms with Crippen molar-refractivity contribution in [3.05, 3.63) is 34.3 Å². The summed E-state index contributed by atoms with van der Waals surface area (Å²) >= 11 is 7.21. The number of hydrogen-bond donors (Lipinski definition) is 2. The van der Waals surface area contributed by atoms with Gasteiger partial charge in [0.05, 0.1) is 18.3 Å². The molecule has 1 aromatic heterocycles. The molecule has 0 atom stereocenters. The second kappa shape index (κ2) is 7.98. The fraction of sp³-hybridized carbons (Fsp3) is 0.333. The van der Waals surface area contributed by atoms with E-state index in [1.165, 1.54) is 29.7 Å². The van der Waals surface area contributed by atoms with Gasteiger partial charge in [-0.3, -0.25) is 10.0 Å². The molecular weight excluding hydrogens is 416 g/mol. The summed E-state index contributed by atoms with van der Waals surface area (Å²) in [4.78, 5) is 17.7. The Labute approximate surface area is 165 Å². The minimum absolute atomic E-state index is 0.00752. The maximum atomic E-state index is 12.9. The molecule has 146 valence electrons. The number of piperazine rings is 1. The van der Waals surface area contributed by atoms with Crippen LogP contribution < -0.4 is 15.1 Å². The van der Waals surface area contributed by atoms with Gasteiger partial charge in [-0.2, -0.15) is 4.31 Å². The van der Waals surface area contributed by atoms with Crippen LogP contribution in [0, 0.1) is 0 Å². The molecule has 1 aromatic carbocycles. The molecule has 9 nitrogen and oxygen atoms in total. The summed E-state index contributed by atoms with van der Waals surface area (Å²) in [5.74, 6) is -0.221. The SMILES string of the molecule is COc1ccc(Cl)c(S(=O)(=O)N2CCN(c3ncc(C(=O)NO)s3)CC2)c1. The zero-order valence-electron chi connectivity index (χ0n) is 14.3. The molecule has 12 heteroatoms. The van der Waals surface area contributed by atoms with Crippen molar-refractivity contribution >= 4 is 44.0 Å². The third kappa shape index (κ3) is 4.01. The van der Waals surface area contributed by atoms with E-state index in [1.807, 2.05) is 4.90 Å². The second-order valence-corrected chi connectivity index (χ2v) is 8.96. The number of sulfonamides is 1. The third-order valence-corrected chi connectivity index (χ3v) is 7.52. The number of rotatable bonds is 5. The first-order valence-corrected chi connectivity index (χ1v) is 10.5. The predicted molar refractivity (Wildman–Crippen MR) is 100 cm³/mol. The Kier molecular flexibility index (Phi) is 5.86. The number of carbonyl (C=O) groups excluding carboxylic acids is 1. The maximum Gasteiger partial charge on any atom is 0.286 e. The summed E-state index contributed by atoms with van der Waals surface area (Å²) in [6.07, 6.45) is 1.37. The van der Waals surface area contributed by atoms with Crippen LogP contribution in [-0.4, -0.2) is 62.1 Å². The van der Waals surface area contributed by atoms with Crippen LogP contribution in [0.5, 0.6) is 5.75 Å². The molecule has 0 saturated carbocycles. The van der Waals surface area contributed by atoms with E-state index >= 15 is 0 Å². The highest BCUT2D eigenvalue weighted by Gasteiger charge is 2.31. The number of carbonyl (C=O) groups is 1. The quantitative estimate of drug-likeness (QED) is 0.543. The number of halogens is 1. The van der Waals surface area contributed by atoms with E-state index in [1.54, 1.807) is 11.5 Å². The standard InChI is InChI=1S/C15H17ClN4O5S2/c1-25-10-2-3-11(16)13(8-10)27(23,24)20-6-4-19(5-7-20)15-17-9-12(26-15)14(21)18-22/h2-3,8-9,22H,4-7H2,1H3,(H,18,21). The minimum atomic E-state index is -3.76. The van der Waals surface area contributed by atoms with Crippen molar-refractivity contribution in [3.63, 3.8) is 0 Å². The number of benzene rings is 1. The van der Waals surface area contributed by atoms with Gasteiger partial charge in [-0.25, -0.2) is 18.9 Å². The highest BCUT2D eigenvalue weighted by molar-refractivity contribution is 7.89. The summed E-state index contributed by atoms with van der Waals surface area (Å²) < 4.78 is 32.3. The van der Waals surface area contributed by atoms with Gasteiger partial charge in [0.25, 0.3) is 5.91 Å². The molecule has 2 aromatic rings. The maximum absolute atomic E-state index is 12.9. The lowest BCUT2D eigenvalue weighted by Crippen LogP contribution is -2.48. The topological polar surface area (TPSA) is 112 Å². The van der Waals surface area contributed by atoms with E-state index in [0.717, 1.165) is 11.3 Å². The Morgan fingerprint density at radius 2 is 2.04 bits per heavy atom. The molecule has 27 heavy (non-hydrogen) atoms. The van der Waals surface area contributed by atoms with Gasteiger partial charge in [0.2, 0.25) is 10.0 Å². The van der Waals surface area contributed by atoms with Gasteiger partial charge in [-0.15, -0.1) is 0 Å². The Bertz CT molecular complexity index is 941. The van der Waals surface area contributed by atoms with Gasteiger partial charge in [0.1, 0.15) is 15.5 Å². The van der Waals surface area contributed by atoms with Crippen LogP contribution in [0.4, 0.5) is 5.13 Å². The van der Waals surface area contributed by atoms with Gasteiger partial charge in [-0.05, 0) is 12.1 Å². The smallest absolute Gasteiger partial charge is 0.286 e. The van der Waals surface area contributed by atoms with E-state index in [0.29, 0.717) is 24.0 Å². The molecule has 2 N–H and O–H groups in total. The van der Waals surface area contributed by atoms with Gasteiger partial charge < -0.3 is 9.64 Å². The molecule has 0 radical (unpaired) electrons. The van der Waals surface area contributed by atoms with Crippen molar-refractivity contribution in [3.8, 4) is 5.75 Å². The summed E-state index contributed by atoms with van der Waals surface area (Å²) in [5, 5.41) is 9.40.